The fraction of sp³-hybridized carbons (Fsp3) is 0.0213. The van der Waals surface area contributed by atoms with Gasteiger partial charge in [-0.1, -0.05) is 145 Å². The third-order valence-corrected chi connectivity index (χ3v) is 12.8. The Balaban J connectivity index is 1.28. The summed E-state index contributed by atoms with van der Waals surface area (Å²) in [7, 11) is 0. The summed E-state index contributed by atoms with van der Waals surface area (Å²) in [4.78, 5) is 13.1. The predicted octanol–water partition coefficient (Wildman–Crippen LogP) is 12.7. The lowest BCUT2D eigenvalue weighted by atomic mass is 9.67. The van der Waals surface area contributed by atoms with Crippen molar-refractivity contribution in [2.75, 3.05) is 0 Å². The van der Waals surface area contributed by atoms with E-state index in [1.165, 1.54) is 63.3 Å². The van der Waals surface area contributed by atoms with Gasteiger partial charge in [0.15, 0.2) is 5.82 Å². The fourth-order valence-corrected chi connectivity index (χ4v) is 10.8. The molecule has 0 amide bonds. The molecular formula is C47H28N2S2. The van der Waals surface area contributed by atoms with Gasteiger partial charge in [0.2, 0.25) is 0 Å². The number of benzene rings is 7. The van der Waals surface area contributed by atoms with Crippen LogP contribution in [0.5, 0.6) is 0 Å². The van der Waals surface area contributed by atoms with Gasteiger partial charge in [0, 0.05) is 46.7 Å². The highest BCUT2D eigenvalue weighted by Crippen LogP contribution is 2.64. The van der Waals surface area contributed by atoms with Crippen LogP contribution in [0.4, 0.5) is 0 Å². The number of thiophene rings is 1. The highest BCUT2D eigenvalue weighted by atomic mass is 32.2. The van der Waals surface area contributed by atoms with Crippen molar-refractivity contribution in [1.29, 1.82) is 0 Å². The maximum atomic E-state index is 5.36. The van der Waals surface area contributed by atoms with Gasteiger partial charge in [-0.2, -0.15) is 0 Å². The second kappa shape index (κ2) is 11.1. The topological polar surface area (TPSA) is 25.8 Å². The molecule has 2 nitrogen and oxygen atoms in total. The van der Waals surface area contributed by atoms with Gasteiger partial charge < -0.3 is 0 Å². The van der Waals surface area contributed by atoms with E-state index in [4.69, 9.17) is 9.97 Å². The standard InChI is InChI=1S/C47H28N2S2/c1-3-14-29(15-4-1)39-28-40(49-46(48-39)30-16-5-2-6-17-30)32-19-13-22-37-45(32)34-27-44-33(31-18-7-10-23-41(31)50-44)26-38(34)47(37)35-20-8-11-24-42(35)51-43-25-12-9-21-36(43)47/h1-28H. The molecule has 0 saturated heterocycles. The van der Waals surface area contributed by atoms with E-state index >= 15 is 0 Å². The Bertz CT molecular complexity index is 2730. The molecule has 0 radical (unpaired) electrons. The van der Waals surface area contributed by atoms with Gasteiger partial charge in [-0.05, 0) is 69.8 Å². The van der Waals surface area contributed by atoms with E-state index in [0.29, 0.717) is 0 Å². The summed E-state index contributed by atoms with van der Waals surface area (Å²) >= 11 is 3.76. The van der Waals surface area contributed by atoms with Gasteiger partial charge in [0.05, 0.1) is 16.8 Å². The second-order valence-corrected chi connectivity index (χ2v) is 15.4. The molecule has 0 saturated carbocycles. The van der Waals surface area contributed by atoms with Gasteiger partial charge in [-0.25, -0.2) is 9.97 Å². The molecular weight excluding hydrogens is 657 g/mol. The minimum Gasteiger partial charge on any atom is -0.228 e. The average Bonchev–Trinajstić information content (AvgIpc) is 3.71. The molecule has 1 aliphatic heterocycles. The molecule has 3 heterocycles. The third kappa shape index (κ3) is 4.18. The third-order valence-electron chi connectivity index (χ3n) is 10.6. The van der Waals surface area contributed by atoms with Crippen LogP contribution in [0.3, 0.4) is 0 Å². The maximum absolute atomic E-state index is 5.36. The van der Waals surface area contributed by atoms with Crippen LogP contribution in [0.25, 0.3) is 65.2 Å². The van der Waals surface area contributed by atoms with Crippen molar-refractivity contribution in [3.8, 4) is 45.0 Å². The van der Waals surface area contributed by atoms with Crippen LogP contribution in [0.15, 0.2) is 180 Å². The van der Waals surface area contributed by atoms with E-state index in [1.807, 2.05) is 29.2 Å². The van der Waals surface area contributed by atoms with Crippen molar-refractivity contribution >= 4 is 43.3 Å². The van der Waals surface area contributed by atoms with Crippen LogP contribution in [0.1, 0.15) is 22.3 Å². The van der Waals surface area contributed by atoms with E-state index in [1.54, 1.807) is 0 Å². The highest BCUT2D eigenvalue weighted by Gasteiger charge is 2.51. The molecule has 0 fully saturated rings. The Morgan fingerprint density at radius 3 is 1.80 bits per heavy atom. The summed E-state index contributed by atoms with van der Waals surface area (Å²) in [5, 5.41) is 2.63. The van der Waals surface area contributed by atoms with Crippen LogP contribution in [-0.2, 0) is 5.41 Å². The monoisotopic (exact) mass is 684 g/mol. The molecule has 238 valence electrons. The lowest BCUT2D eigenvalue weighted by molar-refractivity contribution is 0.723. The molecule has 51 heavy (non-hydrogen) atoms. The maximum Gasteiger partial charge on any atom is 0.160 e. The van der Waals surface area contributed by atoms with Crippen molar-refractivity contribution in [3.63, 3.8) is 0 Å². The quantitative estimate of drug-likeness (QED) is 0.185. The summed E-state index contributed by atoms with van der Waals surface area (Å²) in [5.41, 5.74) is 12.4. The lowest BCUT2D eigenvalue weighted by Crippen LogP contribution is -2.31. The van der Waals surface area contributed by atoms with E-state index in [0.717, 1.165) is 33.9 Å². The van der Waals surface area contributed by atoms with Crippen molar-refractivity contribution in [2.24, 2.45) is 0 Å². The molecule has 0 unspecified atom stereocenters. The van der Waals surface area contributed by atoms with Crippen LogP contribution >= 0.6 is 23.1 Å². The zero-order valence-electron chi connectivity index (χ0n) is 27.4. The summed E-state index contributed by atoms with van der Waals surface area (Å²) in [5.74, 6) is 0.724. The molecule has 0 atom stereocenters. The average molecular weight is 685 g/mol. The molecule has 2 aliphatic rings. The first kappa shape index (κ1) is 29.0. The lowest BCUT2D eigenvalue weighted by Gasteiger charge is -2.39. The van der Waals surface area contributed by atoms with Crippen molar-refractivity contribution < 1.29 is 0 Å². The molecule has 9 aromatic rings. The van der Waals surface area contributed by atoms with Crippen LogP contribution in [0.2, 0.25) is 0 Å². The molecule has 1 spiro atoms. The van der Waals surface area contributed by atoms with Gasteiger partial charge in [-0.15, -0.1) is 11.3 Å². The zero-order valence-corrected chi connectivity index (χ0v) is 29.0. The van der Waals surface area contributed by atoms with Crippen molar-refractivity contribution in [2.45, 2.75) is 15.2 Å². The first-order valence-electron chi connectivity index (χ1n) is 17.2. The molecule has 7 aromatic carbocycles. The highest BCUT2D eigenvalue weighted by molar-refractivity contribution is 7.99. The summed E-state index contributed by atoms with van der Waals surface area (Å²) in [6, 6.07) is 61.7. The molecule has 1 aliphatic carbocycles. The number of rotatable bonds is 3. The SMILES string of the molecule is c1ccc(-c2cc(-c3cccc4c3-c3cc5sc6ccccc6c5cc3C43c4ccccc4Sc4ccccc43)nc(-c3ccccc3)n2)cc1. The minimum atomic E-state index is -0.492. The molecule has 11 rings (SSSR count). The second-order valence-electron chi connectivity index (χ2n) is 13.3. The molecule has 0 N–H and O–H groups in total. The van der Waals surface area contributed by atoms with Crippen LogP contribution in [0, 0.1) is 0 Å². The first-order valence-corrected chi connectivity index (χ1v) is 18.9. The minimum absolute atomic E-state index is 0.492. The molecule has 0 bridgehead atoms. The van der Waals surface area contributed by atoms with Gasteiger partial charge >= 0.3 is 0 Å². The Labute approximate surface area is 304 Å². The van der Waals surface area contributed by atoms with Crippen molar-refractivity contribution in [1.82, 2.24) is 9.97 Å². The van der Waals surface area contributed by atoms with Gasteiger partial charge in [0.25, 0.3) is 0 Å². The number of fused-ring (bicyclic) bond motifs is 12. The Hall–Kier alpha value is -5.81. The van der Waals surface area contributed by atoms with Crippen molar-refractivity contribution in [3.05, 3.63) is 192 Å². The Morgan fingerprint density at radius 1 is 0.412 bits per heavy atom. The summed E-state index contributed by atoms with van der Waals surface area (Å²) in [6.07, 6.45) is 0. The number of nitrogens with zero attached hydrogens (tertiary/aromatic N) is 2. The summed E-state index contributed by atoms with van der Waals surface area (Å²) < 4.78 is 2.62. The first-order chi connectivity index (χ1) is 25.3. The smallest absolute Gasteiger partial charge is 0.160 e. The number of hydrogen-bond donors (Lipinski definition) is 0. The van der Waals surface area contributed by atoms with Gasteiger partial charge in [-0.3, -0.25) is 0 Å². The number of aromatic nitrogens is 2. The Kier molecular flexibility index (Phi) is 6.30. The van der Waals surface area contributed by atoms with Crippen LogP contribution in [-0.4, -0.2) is 9.97 Å². The van der Waals surface area contributed by atoms with E-state index in [-0.39, 0.29) is 0 Å². The van der Waals surface area contributed by atoms with Gasteiger partial charge in [0.1, 0.15) is 0 Å². The molecule has 4 heteroatoms. The van der Waals surface area contributed by atoms with E-state index in [2.05, 4.69) is 164 Å². The van der Waals surface area contributed by atoms with E-state index in [9.17, 15) is 0 Å². The Morgan fingerprint density at radius 2 is 1.04 bits per heavy atom. The molecule has 2 aromatic heterocycles. The van der Waals surface area contributed by atoms with E-state index < -0.39 is 5.41 Å². The number of hydrogen-bond acceptors (Lipinski definition) is 4. The normalized spacial score (nSPS) is 13.6. The predicted molar refractivity (Wildman–Crippen MR) is 213 cm³/mol. The van der Waals surface area contributed by atoms with Crippen LogP contribution < -0.4 is 0 Å². The summed E-state index contributed by atoms with van der Waals surface area (Å²) in [6.45, 7) is 0. The zero-order chi connectivity index (χ0) is 33.5. The largest absolute Gasteiger partial charge is 0.228 e. The fourth-order valence-electron chi connectivity index (χ4n) is 8.44.